The summed E-state index contributed by atoms with van der Waals surface area (Å²) < 4.78 is 0. The van der Waals surface area contributed by atoms with Gasteiger partial charge in [-0.1, -0.05) is 6.07 Å². The lowest BCUT2D eigenvalue weighted by Crippen LogP contribution is -3.08. The van der Waals surface area contributed by atoms with Crippen molar-refractivity contribution in [3.05, 3.63) is 51.2 Å². The number of likely N-dealkylation sites (tertiary alicyclic amines) is 1. The van der Waals surface area contributed by atoms with Crippen LogP contribution in [0.3, 0.4) is 0 Å². The topological polar surface area (TPSA) is 24.7 Å². The van der Waals surface area contributed by atoms with Gasteiger partial charge in [-0.25, -0.2) is 0 Å². The van der Waals surface area contributed by atoms with Crippen LogP contribution in [0, 0.1) is 13.8 Å². The third kappa shape index (κ3) is 2.60. The van der Waals surface area contributed by atoms with Crippen molar-refractivity contribution in [2.24, 2.45) is 0 Å². The van der Waals surface area contributed by atoms with E-state index < -0.39 is 0 Å². The Morgan fingerprint density at radius 2 is 2.10 bits per heavy atom. The van der Waals surface area contributed by atoms with Gasteiger partial charge in [0.1, 0.15) is 18.3 Å². The molecule has 1 aromatic carbocycles. The van der Waals surface area contributed by atoms with E-state index in [9.17, 15) is 5.11 Å². The van der Waals surface area contributed by atoms with E-state index in [0.29, 0.717) is 11.8 Å². The molecule has 2 aromatic rings. The molecule has 106 valence electrons. The van der Waals surface area contributed by atoms with Crippen molar-refractivity contribution in [3.63, 3.8) is 0 Å². The summed E-state index contributed by atoms with van der Waals surface area (Å²) in [6.07, 6.45) is 2.55. The highest BCUT2D eigenvalue weighted by atomic mass is 32.1. The molecule has 1 unspecified atom stereocenters. The second kappa shape index (κ2) is 5.58. The molecule has 0 spiro atoms. The number of hydrogen-bond acceptors (Lipinski definition) is 2. The Kier molecular flexibility index (Phi) is 3.81. The summed E-state index contributed by atoms with van der Waals surface area (Å²) in [4.78, 5) is 3.08. The maximum atomic E-state index is 10.2. The van der Waals surface area contributed by atoms with Gasteiger partial charge < -0.3 is 10.0 Å². The van der Waals surface area contributed by atoms with Gasteiger partial charge in [0.25, 0.3) is 0 Å². The smallest absolute Gasteiger partial charge is 0.124 e. The van der Waals surface area contributed by atoms with Crippen molar-refractivity contribution in [2.75, 3.05) is 6.54 Å². The fraction of sp³-hybridized carbons (Fsp3) is 0.412. The summed E-state index contributed by atoms with van der Waals surface area (Å²) in [5.41, 5.74) is 3.52. The van der Waals surface area contributed by atoms with Crippen molar-refractivity contribution in [2.45, 2.75) is 39.3 Å². The fourth-order valence-electron chi connectivity index (χ4n) is 3.20. The highest BCUT2D eigenvalue weighted by Crippen LogP contribution is 2.26. The van der Waals surface area contributed by atoms with Crippen LogP contribution in [0.15, 0.2) is 29.6 Å². The Hall–Kier alpha value is -1.32. The van der Waals surface area contributed by atoms with Gasteiger partial charge in [0.2, 0.25) is 0 Å². The Morgan fingerprint density at radius 3 is 2.85 bits per heavy atom. The van der Waals surface area contributed by atoms with Gasteiger partial charge in [0.05, 0.1) is 11.4 Å². The van der Waals surface area contributed by atoms with Crippen molar-refractivity contribution < 1.29 is 10.0 Å². The molecule has 0 amide bonds. The second-order valence-electron chi connectivity index (χ2n) is 5.86. The highest BCUT2D eigenvalue weighted by Gasteiger charge is 2.31. The van der Waals surface area contributed by atoms with Crippen LogP contribution >= 0.6 is 11.3 Å². The lowest BCUT2D eigenvalue weighted by Gasteiger charge is -2.21. The first-order chi connectivity index (χ1) is 9.65. The molecule has 3 heteroatoms. The average molecular weight is 288 g/mol. The van der Waals surface area contributed by atoms with Crippen LogP contribution in [0.2, 0.25) is 0 Å². The molecule has 1 aromatic heterocycles. The molecular weight excluding hydrogens is 266 g/mol. The second-order valence-corrected chi connectivity index (χ2v) is 6.84. The first kappa shape index (κ1) is 13.7. The van der Waals surface area contributed by atoms with Gasteiger partial charge in [-0.05, 0) is 48.6 Å². The standard InChI is InChI=1S/C17H21NOS/c1-12-9-14(16(19)10-13(12)2)11-18-7-3-5-15(18)17-6-4-8-20-17/h4,6,8-10,15,19H,3,5,7,11H2,1-2H3/p+1/t15-/m1/s1. The first-order valence-electron chi connectivity index (χ1n) is 7.32. The molecule has 1 aliphatic rings. The van der Waals surface area contributed by atoms with E-state index in [1.807, 2.05) is 17.4 Å². The van der Waals surface area contributed by atoms with E-state index in [1.54, 1.807) is 4.90 Å². The number of phenols is 1. The zero-order chi connectivity index (χ0) is 14.1. The number of rotatable bonds is 3. The molecule has 2 atom stereocenters. The molecule has 0 saturated carbocycles. The van der Waals surface area contributed by atoms with Gasteiger partial charge in [0, 0.05) is 18.4 Å². The van der Waals surface area contributed by atoms with Crippen molar-refractivity contribution in [3.8, 4) is 5.75 Å². The molecule has 20 heavy (non-hydrogen) atoms. The molecule has 1 fully saturated rings. The van der Waals surface area contributed by atoms with E-state index >= 15 is 0 Å². The van der Waals surface area contributed by atoms with Gasteiger partial charge in [-0.15, -0.1) is 11.3 Å². The van der Waals surface area contributed by atoms with Crippen LogP contribution in [0.1, 0.15) is 40.5 Å². The molecule has 3 rings (SSSR count). The van der Waals surface area contributed by atoms with Crippen LogP contribution in [-0.2, 0) is 6.54 Å². The van der Waals surface area contributed by atoms with Gasteiger partial charge in [0.15, 0.2) is 0 Å². The molecule has 2 nitrogen and oxygen atoms in total. The lowest BCUT2D eigenvalue weighted by molar-refractivity contribution is -0.931. The minimum atomic E-state index is 0.456. The minimum Gasteiger partial charge on any atom is -0.507 e. The molecule has 0 bridgehead atoms. The molecular formula is C17H22NOS+. The molecule has 1 aliphatic heterocycles. The van der Waals surface area contributed by atoms with Gasteiger partial charge in [-0.2, -0.15) is 0 Å². The van der Waals surface area contributed by atoms with Crippen LogP contribution in [0.5, 0.6) is 5.75 Å². The number of nitrogens with one attached hydrogen (secondary N) is 1. The third-order valence-corrected chi connectivity index (χ3v) is 5.47. The Bertz CT molecular complexity index is 591. The number of benzene rings is 1. The van der Waals surface area contributed by atoms with E-state index in [4.69, 9.17) is 0 Å². The number of hydrogen-bond donors (Lipinski definition) is 2. The number of quaternary nitrogens is 1. The summed E-state index contributed by atoms with van der Waals surface area (Å²) in [6.45, 7) is 6.30. The highest BCUT2D eigenvalue weighted by molar-refractivity contribution is 7.10. The predicted octanol–water partition coefficient (Wildman–Crippen LogP) is 2.99. The molecule has 0 radical (unpaired) electrons. The number of aryl methyl sites for hydroxylation is 2. The first-order valence-corrected chi connectivity index (χ1v) is 8.20. The van der Waals surface area contributed by atoms with Crippen molar-refractivity contribution in [1.82, 2.24) is 0 Å². The van der Waals surface area contributed by atoms with E-state index in [0.717, 1.165) is 17.7 Å². The van der Waals surface area contributed by atoms with Gasteiger partial charge >= 0.3 is 0 Å². The van der Waals surface area contributed by atoms with Gasteiger partial charge in [-0.3, -0.25) is 0 Å². The quantitative estimate of drug-likeness (QED) is 0.891. The number of phenolic OH excluding ortho intramolecular Hbond substituents is 1. The maximum Gasteiger partial charge on any atom is 0.124 e. The average Bonchev–Trinajstić information content (AvgIpc) is 3.06. The molecule has 2 N–H and O–H groups in total. The number of thiophene rings is 1. The summed E-state index contributed by atoms with van der Waals surface area (Å²) in [6, 6.07) is 9.06. The normalized spacial score (nSPS) is 22.3. The van der Waals surface area contributed by atoms with Crippen molar-refractivity contribution >= 4 is 11.3 Å². The van der Waals surface area contributed by atoms with Crippen LogP contribution in [0.4, 0.5) is 0 Å². The lowest BCUT2D eigenvalue weighted by atomic mass is 10.0. The largest absolute Gasteiger partial charge is 0.507 e. The van der Waals surface area contributed by atoms with E-state index in [1.165, 1.54) is 29.8 Å². The summed E-state index contributed by atoms with van der Waals surface area (Å²) >= 11 is 1.86. The third-order valence-electron chi connectivity index (χ3n) is 4.48. The maximum absolute atomic E-state index is 10.2. The summed E-state index contributed by atoms with van der Waals surface area (Å²) in [5, 5.41) is 12.3. The molecule has 0 aliphatic carbocycles. The Morgan fingerprint density at radius 1 is 1.30 bits per heavy atom. The summed E-state index contributed by atoms with van der Waals surface area (Å²) in [5.74, 6) is 0.456. The minimum absolute atomic E-state index is 0.456. The van der Waals surface area contributed by atoms with Crippen LogP contribution < -0.4 is 4.90 Å². The zero-order valence-corrected chi connectivity index (χ0v) is 13.0. The predicted molar refractivity (Wildman–Crippen MR) is 83.4 cm³/mol. The number of aromatic hydroxyl groups is 1. The van der Waals surface area contributed by atoms with E-state index in [2.05, 4.69) is 37.4 Å². The molecule has 2 heterocycles. The fourth-order valence-corrected chi connectivity index (χ4v) is 4.12. The van der Waals surface area contributed by atoms with Crippen LogP contribution in [0.25, 0.3) is 0 Å². The Balaban J connectivity index is 1.82. The van der Waals surface area contributed by atoms with Crippen molar-refractivity contribution in [1.29, 1.82) is 0 Å². The monoisotopic (exact) mass is 288 g/mol. The zero-order valence-electron chi connectivity index (χ0n) is 12.1. The Labute approximate surface area is 124 Å². The summed E-state index contributed by atoms with van der Waals surface area (Å²) in [7, 11) is 0. The SMILES string of the molecule is Cc1cc(O)c(C[NH+]2CCC[C@@H]2c2cccs2)cc1C. The van der Waals surface area contributed by atoms with E-state index in [-0.39, 0.29) is 0 Å². The molecule has 1 saturated heterocycles. The van der Waals surface area contributed by atoms with Crippen LogP contribution in [-0.4, -0.2) is 11.7 Å².